The summed E-state index contributed by atoms with van der Waals surface area (Å²) in [5, 5.41) is 4.20. The third-order valence-electron chi connectivity index (χ3n) is 6.77. The lowest BCUT2D eigenvalue weighted by atomic mass is 9.66. The van der Waals surface area contributed by atoms with Crippen molar-refractivity contribution in [2.45, 2.75) is 38.6 Å². The third kappa shape index (κ3) is 2.04. The molecule has 1 saturated heterocycles. The number of aromatic nitrogens is 1. The van der Waals surface area contributed by atoms with Gasteiger partial charge in [-0.25, -0.2) is 4.79 Å². The number of amides is 2. The van der Waals surface area contributed by atoms with Crippen molar-refractivity contribution in [3.63, 3.8) is 0 Å². The molecule has 5 nitrogen and oxygen atoms in total. The van der Waals surface area contributed by atoms with Gasteiger partial charge in [0.2, 0.25) is 0 Å². The molecule has 0 saturated carbocycles. The summed E-state index contributed by atoms with van der Waals surface area (Å²) in [6.07, 6.45) is 7.14. The fraction of sp³-hybridized carbons (Fsp3) is 0.476. The molecule has 1 aromatic carbocycles. The number of nitrogens with one attached hydrogen (secondary N) is 1. The number of hydrogen-bond acceptors (Lipinski definition) is 2. The van der Waals surface area contributed by atoms with E-state index >= 15 is 0 Å². The van der Waals surface area contributed by atoms with Gasteiger partial charge in [0.25, 0.3) is 0 Å². The molecule has 0 bridgehead atoms. The highest BCUT2D eigenvalue weighted by molar-refractivity contribution is 5.90. The van der Waals surface area contributed by atoms with Crippen molar-refractivity contribution in [3.8, 4) is 0 Å². The summed E-state index contributed by atoms with van der Waals surface area (Å²) in [6.45, 7) is 5.13. The minimum absolute atomic E-state index is 0.159. The van der Waals surface area contributed by atoms with E-state index in [9.17, 15) is 4.79 Å². The lowest BCUT2D eigenvalue weighted by Gasteiger charge is -2.53. The zero-order valence-electron chi connectivity index (χ0n) is 15.3. The quantitative estimate of drug-likeness (QED) is 0.892. The minimum atomic E-state index is -0.464. The first-order chi connectivity index (χ1) is 12.6. The predicted octanol–water partition coefficient (Wildman–Crippen LogP) is 3.25. The van der Waals surface area contributed by atoms with Crippen molar-refractivity contribution in [1.82, 2.24) is 14.8 Å². The van der Waals surface area contributed by atoms with E-state index in [2.05, 4.69) is 52.0 Å². The molecule has 0 unspecified atom stereocenters. The molecule has 3 aliphatic rings. The molecular formula is C21H26N4O. The molecule has 5 rings (SSSR count). The normalized spacial score (nSPS) is 27.1. The average molecular weight is 350 g/mol. The Morgan fingerprint density at radius 3 is 3.00 bits per heavy atom. The summed E-state index contributed by atoms with van der Waals surface area (Å²) in [5.74, 6) is 0. The van der Waals surface area contributed by atoms with Crippen LogP contribution >= 0.6 is 0 Å². The maximum Gasteiger partial charge on any atom is 0.312 e. The van der Waals surface area contributed by atoms with Crippen LogP contribution < -0.4 is 11.1 Å². The van der Waals surface area contributed by atoms with Crippen LogP contribution in [0.25, 0.3) is 16.6 Å². The van der Waals surface area contributed by atoms with E-state index < -0.39 is 6.03 Å². The van der Waals surface area contributed by atoms with E-state index in [-0.39, 0.29) is 5.41 Å². The monoisotopic (exact) mass is 350 g/mol. The van der Waals surface area contributed by atoms with Gasteiger partial charge >= 0.3 is 6.03 Å². The van der Waals surface area contributed by atoms with Gasteiger partial charge in [-0.05, 0) is 43.9 Å². The van der Waals surface area contributed by atoms with Crippen molar-refractivity contribution in [2.75, 3.05) is 19.6 Å². The van der Waals surface area contributed by atoms with E-state index in [1.54, 1.807) is 0 Å². The Balaban J connectivity index is 1.79. The van der Waals surface area contributed by atoms with Crippen molar-refractivity contribution >= 4 is 22.6 Å². The zero-order valence-corrected chi connectivity index (χ0v) is 15.3. The van der Waals surface area contributed by atoms with Gasteiger partial charge < -0.3 is 15.6 Å². The molecule has 0 aliphatic carbocycles. The largest absolute Gasteiger partial charge is 0.352 e. The zero-order chi connectivity index (χ0) is 17.9. The Kier molecular flexibility index (Phi) is 3.44. The molecule has 1 fully saturated rings. The van der Waals surface area contributed by atoms with Crippen LogP contribution in [0.5, 0.6) is 0 Å². The molecule has 26 heavy (non-hydrogen) atoms. The number of carbonyl (C=O) groups is 1. The molecule has 136 valence electrons. The fourth-order valence-corrected chi connectivity index (χ4v) is 5.70. The second-order valence-electron chi connectivity index (χ2n) is 7.95. The number of rotatable bonds is 3. The fourth-order valence-electron chi connectivity index (χ4n) is 5.70. The first-order valence-electron chi connectivity index (χ1n) is 9.76. The number of urea groups is 1. The Morgan fingerprint density at radius 2 is 2.19 bits per heavy atom. The highest BCUT2D eigenvalue weighted by atomic mass is 16.2. The summed E-state index contributed by atoms with van der Waals surface area (Å²) in [6, 6.07) is 8.69. The number of primary amides is 1. The van der Waals surface area contributed by atoms with E-state index in [0.717, 1.165) is 19.4 Å². The smallest absolute Gasteiger partial charge is 0.312 e. The van der Waals surface area contributed by atoms with E-state index in [1.165, 1.54) is 47.2 Å². The van der Waals surface area contributed by atoms with Crippen LogP contribution in [0.2, 0.25) is 0 Å². The second-order valence-corrected chi connectivity index (χ2v) is 7.95. The maximum atomic E-state index is 11.4. The Hall–Kier alpha value is -2.27. The van der Waals surface area contributed by atoms with Gasteiger partial charge in [-0.2, -0.15) is 0 Å². The van der Waals surface area contributed by atoms with Gasteiger partial charge in [0.05, 0.1) is 18.1 Å². The molecule has 0 spiro atoms. The van der Waals surface area contributed by atoms with Crippen LogP contribution in [-0.2, 0) is 6.42 Å². The molecule has 2 atom stereocenters. The molecule has 2 amide bonds. The lowest BCUT2D eigenvalue weighted by Crippen LogP contribution is -2.51. The van der Waals surface area contributed by atoms with Gasteiger partial charge in [0.15, 0.2) is 0 Å². The third-order valence-corrected chi connectivity index (χ3v) is 6.77. The second kappa shape index (κ2) is 5.61. The number of para-hydroxylation sites is 1. The van der Waals surface area contributed by atoms with Crippen LogP contribution in [0.3, 0.4) is 0 Å². The summed E-state index contributed by atoms with van der Waals surface area (Å²) < 4.78 is 2.41. The highest BCUT2D eigenvalue weighted by Gasteiger charge is 2.50. The molecule has 3 N–H and O–H groups in total. The Bertz CT molecular complexity index is 927. The summed E-state index contributed by atoms with van der Waals surface area (Å²) >= 11 is 0. The van der Waals surface area contributed by atoms with Crippen LogP contribution in [0.15, 0.2) is 30.3 Å². The topological polar surface area (TPSA) is 63.3 Å². The minimum Gasteiger partial charge on any atom is -0.352 e. The van der Waals surface area contributed by atoms with Crippen LogP contribution in [0.4, 0.5) is 4.79 Å². The van der Waals surface area contributed by atoms with Crippen LogP contribution in [-0.4, -0.2) is 35.1 Å². The van der Waals surface area contributed by atoms with Crippen molar-refractivity contribution in [2.24, 2.45) is 11.1 Å². The number of piperidine rings is 1. The Morgan fingerprint density at radius 1 is 1.35 bits per heavy atom. The molecule has 2 aromatic rings. The van der Waals surface area contributed by atoms with E-state index in [1.807, 2.05) is 0 Å². The average Bonchev–Trinajstić information content (AvgIpc) is 3.00. The SMILES string of the molecule is CC[C@@]12C=C(CNC(N)=O)n3c4c(c5ccccc53)CCN(CCC1)[C@H]42. The number of fused-ring (bicyclic) bond motifs is 3. The molecule has 5 heteroatoms. The highest BCUT2D eigenvalue weighted by Crippen LogP contribution is 2.56. The molecule has 3 aliphatic heterocycles. The van der Waals surface area contributed by atoms with Gasteiger partial charge in [0, 0.05) is 28.7 Å². The van der Waals surface area contributed by atoms with E-state index in [4.69, 9.17) is 5.73 Å². The molecular weight excluding hydrogens is 324 g/mol. The van der Waals surface area contributed by atoms with E-state index in [0.29, 0.717) is 12.6 Å². The van der Waals surface area contributed by atoms with Gasteiger partial charge in [-0.1, -0.05) is 31.2 Å². The van der Waals surface area contributed by atoms with Crippen molar-refractivity contribution in [3.05, 3.63) is 41.6 Å². The van der Waals surface area contributed by atoms with Crippen LogP contribution in [0, 0.1) is 5.41 Å². The number of nitrogens with zero attached hydrogens (tertiary/aromatic N) is 2. The number of nitrogens with two attached hydrogens (primary N) is 1. The number of carbonyl (C=O) groups excluding carboxylic acids is 1. The standard InChI is InChI=1S/C21H26N4O/c1-2-21-9-5-10-24-11-8-16-15-6-3-4-7-17(15)25(18(16)19(21)24)14(12-21)13-23-20(22)26/h3-4,6-7,12,19H,2,5,8-11,13H2,1H3,(H3,22,23,26)/t19-,21+/m1/s1. The summed E-state index contributed by atoms with van der Waals surface area (Å²) in [5.41, 5.74) is 10.9. The summed E-state index contributed by atoms with van der Waals surface area (Å²) in [4.78, 5) is 14.1. The first-order valence-corrected chi connectivity index (χ1v) is 9.76. The number of benzene rings is 1. The summed E-state index contributed by atoms with van der Waals surface area (Å²) in [7, 11) is 0. The van der Waals surface area contributed by atoms with Crippen LogP contribution in [0.1, 0.15) is 43.5 Å². The molecule has 0 radical (unpaired) electrons. The van der Waals surface area contributed by atoms with Crippen molar-refractivity contribution in [1.29, 1.82) is 0 Å². The Labute approximate surface area is 153 Å². The van der Waals surface area contributed by atoms with Gasteiger partial charge in [0.1, 0.15) is 0 Å². The molecule has 4 heterocycles. The first kappa shape index (κ1) is 15.9. The number of hydrogen-bond donors (Lipinski definition) is 2. The van der Waals surface area contributed by atoms with Gasteiger partial charge in [-0.15, -0.1) is 0 Å². The lowest BCUT2D eigenvalue weighted by molar-refractivity contribution is 0.0268. The predicted molar refractivity (Wildman–Crippen MR) is 104 cm³/mol. The van der Waals surface area contributed by atoms with Gasteiger partial charge in [-0.3, -0.25) is 4.90 Å². The molecule has 1 aromatic heterocycles. The maximum absolute atomic E-state index is 11.4. The van der Waals surface area contributed by atoms with Crippen molar-refractivity contribution < 1.29 is 4.79 Å².